The van der Waals surface area contributed by atoms with Crippen LogP contribution in [0.25, 0.3) is 0 Å². The predicted molar refractivity (Wildman–Crippen MR) is 112 cm³/mol. The Kier molecular flexibility index (Phi) is 13.6. The number of carbonyl (C=O) groups is 1. The second-order valence-electron chi connectivity index (χ2n) is 6.82. The smallest absolute Gasteiger partial charge is 0.258 e. The zero-order valence-electron chi connectivity index (χ0n) is 15.5. The lowest BCUT2D eigenvalue weighted by Gasteiger charge is -2.21. The van der Waals surface area contributed by atoms with E-state index in [1.807, 2.05) is 53.1 Å². The van der Waals surface area contributed by atoms with Gasteiger partial charge in [0.15, 0.2) is 6.61 Å². The second-order valence-corrected chi connectivity index (χ2v) is 7.73. The SMILES string of the molecule is CN(C)CCNCc1cc(Br)ccc1OCC(=O)NC(C)(C)C.Cl.Cl. The van der Waals surface area contributed by atoms with Crippen molar-refractivity contribution in [2.24, 2.45) is 0 Å². The maximum Gasteiger partial charge on any atom is 0.258 e. The summed E-state index contributed by atoms with van der Waals surface area (Å²) in [5, 5.41) is 6.27. The van der Waals surface area contributed by atoms with Gasteiger partial charge in [-0.05, 0) is 53.1 Å². The van der Waals surface area contributed by atoms with E-state index in [1.54, 1.807) is 0 Å². The molecule has 1 aromatic carbocycles. The first-order valence-electron chi connectivity index (χ1n) is 7.75. The molecule has 0 aliphatic heterocycles. The monoisotopic (exact) mass is 457 g/mol. The number of likely N-dealkylation sites (N-methyl/N-ethyl adjacent to an activating group) is 1. The van der Waals surface area contributed by atoms with Gasteiger partial charge in [0, 0.05) is 35.2 Å². The summed E-state index contributed by atoms with van der Waals surface area (Å²) < 4.78 is 6.69. The predicted octanol–water partition coefficient (Wildman–Crippen LogP) is 3.24. The molecule has 25 heavy (non-hydrogen) atoms. The van der Waals surface area contributed by atoms with Gasteiger partial charge in [0.2, 0.25) is 0 Å². The second kappa shape index (κ2) is 12.8. The lowest BCUT2D eigenvalue weighted by Crippen LogP contribution is -2.43. The van der Waals surface area contributed by atoms with E-state index in [0.29, 0.717) is 6.54 Å². The number of hydrogen-bond donors (Lipinski definition) is 2. The van der Waals surface area contributed by atoms with Crippen LogP contribution in [-0.2, 0) is 11.3 Å². The van der Waals surface area contributed by atoms with Crippen LogP contribution in [0.2, 0.25) is 0 Å². The Balaban J connectivity index is 0. The van der Waals surface area contributed by atoms with Gasteiger partial charge in [0.05, 0.1) is 0 Å². The van der Waals surface area contributed by atoms with E-state index in [9.17, 15) is 4.79 Å². The van der Waals surface area contributed by atoms with Crippen LogP contribution in [0.3, 0.4) is 0 Å². The molecule has 0 radical (unpaired) electrons. The number of hydrogen-bond acceptors (Lipinski definition) is 4. The molecule has 0 saturated heterocycles. The summed E-state index contributed by atoms with van der Waals surface area (Å²) in [4.78, 5) is 14.0. The first-order valence-corrected chi connectivity index (χ1v) is 8.54. The molecule has 0 aromatic heterocycles. The first kappa shape index (κ1) is 26.7. The maximum atomic E-state index is 11.9. The maximum absolute atomic E-state index is 11.9. The molecule has 8 heteroatoms. The topological polar surface area (TPSA) is 53.6 Å². The van der Waals surface area contributed by atoms with Crippen molar-refractivity contribution in [2.75, 3.05) is 33.8 Å². The van der Waals surface area contributed by atoms with Crippen molar-refractivity contribution >= 4 is 46.7 Å². The molecule has 1 rings (SSSR count). The molecule has 0 fully saturated rings. The molecule has 0 heterocycles. The van der Waals surface area contributed by atoms with Gasteiger partial charge < -0.3 is 20.3 Å². The van der Waals surface area contributed by atoms with Crippen LogP contribution in [0, 0.1) is 0 Å². The quantitative estimate of drug-likeness (QED) is 0.587. The van der Waals surface area contributed by atoms with E-state index in [1.165, 1.54) is 0 Å². The Morgan fingerprint density at radius 2 is 1.88 bits per heavy atom. The van der Waals surface area contributed by atoms with Gasteiger partial charge in [0.25, 0.3) is 5.91 Å². The normalized spacial score (nSPS) is 10.7. The van der Waals surface area contributed by atoms with E-state index in [-0.39, 0.29) is 42.9 Å². The van der Waals surface area contributed by atoms with Crippen molar-refractivity contribution in [2.45, 2.75) is 32.9 Å². The molecule has 5 nitrogen and oxygen atoms in total. The summed E-state index contributed by atoms with van der Waals surface area (Å²) >= 11 is 3.48. The van der Waals surface area contributed by atoms with Crippen LogP contribution >= 0.6 is 40.7 Å². The minimum Gasteiger partial charge on any atom is -0.483 e. The molecule has 0 atom stereocenters. The summed E-state index contributed by atoms with van der Waals surface area (Å²) in [6.45, 7) is 8.43. The molecular formula is C17H30BrCl2N3O2. The van der Waals surface area contributed by atoms with Crippen LogP contribution < -0.4 is 15.4 Å². The van der Waals surface area contributed by atoms with E-state index in [0.717, 1.165) is 28.9 Å². The van der Waals surface area contributed by atoms with Crippen LogP contribution in [0.5, 0.6) is 5.75 Å². The average molecular weight is 459 g/mol. The number of halogens is 3. The third kappa shape index (κ3) is 12.5. The largest absolute Gasteiger partial charge is 0.483 e. The van der Waals surface area contributed by atoms with E-state index in [4.69, 9.17) is 4.74 Å². The van der Waals surface area contributed by atoms with Gasteiger partial charge in [-0.15, -0.1) is 24.8 Å². The third-order valence-corrected chi connectivity index (χ3v) is 3.44. The van der Waals surface area contributed by atoms with Gasteiger partial charge in [-0.1, -0.05) is 15.9 Å². The summed E-state index contributed by atoms with van der Waals surface area (Å²) in [6, 6.07) is 5.82. The Labute approximate surface area is 172 Å². The Morgan fingerprint density at radius 3 is 2.44 bits per heavy atom. The fourth-order valence-electron chi connectivity index (χ4n) is 1.95. The number of nitrogens with one attached hydrogen (secondary N) is 2. The van der Waals surface area contributed by atoms with Crippen molar-refractivity contribution in [3.63, 3.8) is 0 Å². The Hall–Kier alpha value is -0.530. The molecule has 0 unspecified atom stereocenters. The standard InChI is InChI=1S/C17H28BrN3O2.2ClH/c1-17(2,3)20-16(22)12-23-15-7-6-14(18)10-13(15)11-19-8-9-21(4)5;;/h6-7,10,19H,8-9,11-12H2,1-5H3,(H,20,22);2*1H. The molecule has 1 amide bonds. The van der Waals surface area contributed by atoms with E-state index >= 15 is 0 Å². The Bertz CT molecular complexity index is 523. The fourth-order valence-corrected chi connectivity index (χ4v) is 2.36. The minimum atomic E-state index is -0.253. The first-order chi connectivity index (χ1) is 10.7. The van der Waals surface area contributed by atoms with Crippen LogP contribution in [0.1, 0.15) is 26.3 Å². The van der Waals surface area contributed by atoms with Crippen LogP contribution in [-0.4, -0.2) is 50.1 Å². The van der Waals surface area contributed by atoms with Crippen LogP contribution in [0.4, 0.5) is 0 Å². The number of rotatable bonds is 8. The zero-order chi connectivity index (χ0) is 17.5. The Morgan fingerprint density at radius 1 is 1.24 bits per heavy atom. The van der Waals surface area contributed by atoms with Gasteiger partial charge in [0.1, 0.15) is 5.75 Å². The lowest BCUT2D eigenvalue weighted by molar-refractivity contribution is -0.124. The van der Waals surface area contributed by atoms with Gasteiger partial charge in [-0.2, -0.15) is 0 Å². The van der Waals surface area contributed by atoms with Gasteiger partial charge in [-0.3, -0.25) is 4.79 Å². The molecule has 0 spiro atoms. The van der Waals surface area contributed by atoms with Crippen molar-refractivity contribution in [3.8, 4) is 5.75 Å². The molecular weight excluding hydrogens is 429 g/mol. The zero-order valence-corrected chi connectivity index (χ0v) is 18.7. The summed E-state index contributed by atoms with van der Waals surface area (Å²) in [6.07, 6.45) is 0. The minimum absolute atomic E-state index is 0. The molecule has 2 N–H and O–H groups in total. The highest BCUT2D eigenvalue weighted by atomic mass is 79.9. The molecule has 0 saturated carbocycles. The summed E-state index contributed by atoms with van der Waals surface area (Å²) in [5.74, 6) is 0.613. The molecule has 1 aromatic rings. The highest BCUT2D eigenvalue weighted by Gasteiger charge is 2.14. The molecule has 0 aliphatic carbocycles. The van der Waals surface area contributed by atoms with Crippen LogP contribution in [0.15, 0.2) is 22.7 Å². The van der Waals surface area contributed by atoms with Crippen molar-refractivity contribution in [1.82, 2.24) is 15.5 Å². The van der Waals surface area contributed by atoms with Gasteiger partial charge >= 0.3 is 0 Å². The van der Waals surface area contributed by atoms with Crippen molar-refractivity contribution in [3.05, 3.63) is 28.2 Å². The summed E-state index contributed by atoms with van der Waals surface area (Å²) in [7, 11) is 4.09. The highest BCUT2D eigenvalue weighted by Crippen LogP contribution is 2.23. The van der Waals surface area contributed by atoms with E-state index in [2.05, 4.69) is 31.5 Å². The average Bonchev–Trinajstić information content (AvgIpc) is 2.40. The molecule has 0 bridgehead atoms. The third-order valence-electron chi connectivity index (χ3n) is 2.95. The number of benzene rings is 1. The van der Waals surface area contributed by atoms with E-state index < -0.39 is 0 Å². The number of carbonyl (C=O) groups excluding carboxylic acids is 1. The number of amides is 1. The van der Waals surface area contributed by atoms with Crippen molar-refractivity contribution in [1.29, 1.82) is 0 Å². The molecule has 0 aliphatic rings. The van der Waals surface area contributed by atoms with Crippen molar-refractivity contribution < 1.29 is 9.53 Å². The number of nitrogens with zero attached hydrogens (tertiary/aromatic N) is 1. The number of ether oxygens (including phenoxy) is 1. The fraction of sp³-hybridized carbons (Fsp3) is 0.588. The lowest BCUT2D eigenvalue weighted by atomic mass is 10.1. The summed E-state index contributed by atoms with van der Waals surface area (Å²) in [5.41, 5.74) is 0.776. The highest BCUT2D eigenvalue weighted by molar-refractivity contribution is 9.10. The molecule has 146 valence electrons. The van der Waals surface area contributed by atoms with Gasteiger partial charge in [-0.25, -0.2) is 0 Å².